The lowest BCUT2D eigenvalue weighted by Gasteiger charge is -2.12. The van der Waals surface area contributed by atoms with Gasteiger partial charge in [0.25, 0.3) is 0 Å². The first-order valence-electron chi connectivity index (χ1n) is 6.09. The Hall–Kier alpha value is -2.12. The summed E-state index contributed by atoms with van der Waals surface area (Å²) in [5, 5.41) is 14.6. The molecule has 3 N–H and O–H groups in total. The van der Waals surface area contributed by atoms with Gasteiger partial charge in [0.15, 0.2) is 0 Å². The molecule has 0 radical (unpaired) electrons. The number of phenols is 1. The molecular weight excluding hydrogens is 356 g/mol. The van der Waals surface area contributed by atoms with E-state index in [0.717, 1.165) is 6.07 Å². The summed E-state index contributed by atoms with van der Waals surface area (Å²) in [6.45, 7) is 0. The minimum Gasteiger partial charge on any atom is -0.506 e. The van der Waals surface area contributed by atoms with Crippen LogP contribution in [0.15, 0.2) is 36.4 Å². The molecule has 0 unspecified atom stereocenters. The predicted molar refractivity (Wildman–Crippen MR) is 82.2 cm³/mol. The van der Waals surface area contributed by atoms with Crippen molar-refractivity contribution >= 4 is 40.6 Å². The zero-order valence-corrected chi connectivity index (χ0v) is 12.7. The van der Waals surface area contributed by atoms with Gasteiger partial charge in [-0.15, -0.1) is 0 Å². The molecule has 4 nitrogen and oxygen atoms in total. The highest BCUT2D eigenvalue weighted by atomic mass is 35.5. The van der Waals surface area contributed by atoms with Gasteiger partial charge in [-0.05, 0) is 36.4 Å². The average Bonchev–Trinajstić information content (AvgIpc) is 2.38. The van der Waals surface area contributed by atoms with Crippen LogP contribution in [-0.4, -0.2) is 11.1 Å². The van der Waals surface area contributed by atoms with Crippen molar-refractivity contribution in [3.63, 3.8) is 0 Å². The SMILES string of the molecule is O=C(Nc1cc(Cl)cc(Cl)c1)Nc1cc(C(F)(F)F)ccc1O. The molecule has 122 valence electrons. The summed E-state index contributed by atoms with van der Waals surface area (Å²) in [5.74, 6) is -0.503. The monoisotopic (exact) mass is 364 g/mol. The topological polar surface area (TPSA) is 61.4 Å². The lowest BCUT2D eigenvalue weighted by molar-refractivity contribution is -0.137. The van der Waals surface area contributed by atoms with E-state index < -0.39 is 23.5 Å². The Bertz CT molecular complexity index is 731. The highest BCUT2D eigenvalue weighted by Crippen LogP contribution is 2.34. The third kappa shape index (κ3) is 4.67. The number of hydrogen-bond acceptors (Lipinski definition) is 2. The second kappa shape index (κ2) is 6.55. The second-order valence-electron chi connectivity index (χ2n) is 4.47. The normalized spacial score (nSPS) is 11.2. The molecule has 0 saturated carbocycles. The van der Waals surface area contributed by atoms with Gasteiger partial charge in [0.2, 0.25) is 0 Å². The summed E-state index contributed by atoms with van der Waals surface area (Å²) >= 11 is 11.5. The van der Waals surface area contributed by atoms with E-state index in [1.54, 1.807) is 0 Å². The number of phenolic OH excluding ortho intramolecular Hbond substituents is 1. The Morgan fingerprint density at radius 3 is 2.17 bits per heavy atom. The number of nitrogens with one attached hydrogen (secondary N) is 2. The lowest BCUT2D eigenvalue weighted by atomic mass is 10.2. The molecule has 0 aliphatic heterocycles. The number of benzene rings is 2. The molecule has 0 heterocycles. The molecule has 0 fully saturated rings. The minimum atomic E-state index is -4.60. The Labute approximate surface area is 138 Å². The van der Waals surface area contributed by atoms with Crippen LogP contribution in [0.2, 0.25) is 10.0 Å². The molecule has 0 bridgehead atoms. The maximum absolute atomic E-state index is 12.6. The number of aromatic hydroxyl groups is 1. The summed E-state index contributed by atoms with van der Waals surface area (Å²) in [4.78, 5) is 11.8. The minimum absolute atomic E-state index is 0.242. The molecule has 2 rings (SSSR count). The van der Waals surface area contributed by atoms with Gasteiger partial charge in [-0.3, -0.25) is 0 Å². The maximum atomic E-state index is 12.6. The van der Waals surface area contributed by atoms with Crippen molar-refractivity contribution in [2.75, 3.05) is 10.6 Å². The van der Waals surface area contributed by atoms with Crippen molar-refractivity contribution in [2.45, 2.75) is 6.18 Å². The van der Waals surface area contributed by atoms with Crippen LogP contribution in [0.1, 0.15) is 5.56 Å². The Morgan fingerprint density at radius 2 is 1.61 bits per heavy atom. The summed E-state index contributed by atoms with van der Waals surface area (Å²) < 4.78 is 37.9. The van der Waals surface area contributed by atoms with E-state index in [1.807, 2.05) is 0 Å². The van der Waals surface area contributed by atoms with Crippen molar-refractivity contribution in [3.05, 3.63) is 52.0 Å². The zero-order valence-electron chi connectivity index (χ0n) is 11.2. The Morgan fingerprint density at radius 1 is 1.00 bits per heavy atom. The molecular formula is C14H9Cl2F3N2O2. The summed E-state index contributed by atoms with van der Waals surface area (Å²) in [6, 6.07) is 5.56. The van der Waals surface area contributed by atoms with Crippen LogP contribution in [-0.2, 0) is 6.18 Å². The molecule has 2 aromatic carbocycles. The summed E-state index contributed by atoms with van der Waals surface area (Å²) in [7, 11) is 0. The van der Waals surface area contributed by atoms with Crippen molar-refractivity contribution in [2.24, 2.45) is 0 Å². The molecule has 0 saturated heterocycles. The number of hydrogen-bond donors (Lipinski definition) is 3. The van der Waals surface area contributed by atoms with E-state index in [4.69, 9.17) is 23.2 Å². The fourth-order valence-corrected chi connectivity index (χ4v) is 2.25. The van der Waals surface area contributed by atoms with E-state index in [0.29, 0.717) is 12.1 Å². The van der Waals surface area contributed by atoms with Crippen LogP contribution in [0.3, 0.4) is 0 Å². The number of urea groups is 1. The van der Waals surface area contributed by atoms with Gasteiger partial charge in [0.05, 0.1) is 11.3 Å². The fourth-order valence-electron chi connectivity index (χ4n) is 1.72. The van der Waals surface area contributed by atoms with Gasteiger partial charge in [0.1, 0.15) is 5.75 Å². The number of rotatable bonds is 2. The van der Waals surface area contributed by atoms with E-state index in [9.17, 15) is 23.1 Å². The van der Waals surface area contributed by atoms with Crippen LogP contribution in [0.25, 0.3) is 0 Å². The van der Waals surface area contributed by atoms with E-state index in [2.05, 4.69) is 10.6 Å². The van der Waals surface area contributed by atoms with Crippen LogP contribution in [0.5, 0.6) is 5.75 Å². The van der Waals surface area contributed by atoms with Crippen LogP contribution >= 0.6 is 23.2 Å². The smallest absolute Gasteiger partial charge is 0.416 e. The van der Waals surface area contributed by atoms with Crippen molar-refractivity contribution < 1.29 is 23.1 Å². The van der Waals surface area contributed by atoms with Crippen LogP contribution in [0, 0.1) is 0 Å². The molecule has 0 aliphatic carbocycles. The standard InChI is InChI=1S/C14H9Cl2F3N2O2/c15-8-4-9(16)6-10(5-8)20-13(23)21-11-3-7(14(17,18)19)1-2-12(11)22/h1-6,22H,(H2,20,21,23). The molecule has 0 atom stereocenters. The Kier molecular flexibility index (Phi) is 4.91. The van der Waals surface area contributed by atoms with Crippen molar-refractivity contribution in [1.82, 2.24) is 0 Å². The number of anilines is 2. The van der Waals surface area contributed by atoms with Crippen LogP contribution in [0.4, 0.5) is 29.3 Å². The second-order valence-corrected chi connectivity index (χ2v) is 5.34. The average molecular weight is 365 g/mol. The van der Waals surface area contributed by atoms with Gasteiger partial charge in [-0.1, -0.05) is 23.2 Å². The largest absolute Gasteiger partial charge is 0.506 e. The first-order chi connectivity index (χ1) is 10.6. The molecule has 2 aromatic rings. The van der Waals surface area contributed by atoms with Crippen molar-refractivity contribution in [1.29, 1.82) is 0 Å². The fraction of sp³-hybridized carbons (Fsp3) is 0.0714. The summed E-state index contributed by atoms with van der Waals surface area (Å²) in [5.41, 5.74) is -1.15. The molecule has 0 aliphatic rings. The van der Waals surface area contributed by atoms with Gasteiger partial charge in [-0.2, -0.15) is 13.2 Å². The molecule has 0 aromatic heterocycles. The third-order valence-corrected chi connectivity index (χ3v) is 3.13. The maximum Gasteiger partial charge on any atom is 0.416 e. The lowest BCUT2D eigenvalue weighted by Crippen LogP contribution is -2.20. The zero-order chi connectivity index (χ0) is 17.2. The van der Waals surface area contributed by atoms with Gasteiger partial charge in [-0.25, -0.2) is 4.79 Å². The predicted octanol–water partition coefficient (Wildman–Crippen LogP) is 5.36. The number of carbonyl (C=O) groups is 1. The number of carbonyl (C=O) groups excluding carboxylic acids is 1. The molecule has 23 heavy (non-hydrogen) atoms. The van der Waals surface area contributed by atoms with Gasteiger partial charge in [0, 0.05) is 15.7 Å². The van der Waals surface area contributed by atoms with Gasteiger partial charge >= 0.3 is 12.2 Å². The Balaban J connectivity index is 2.17. The van der Waals surface area contributed by atoms with Gasteiger partial charge < -0.3 is 15.7 Å². The number of alkyl halides is 3. The number of halogens is 5. The van der Waals surface area contributed by atoms with Crippen molar-refractivity contribution in [3.8, 4) is 5.75 Å². The molecule has 9 heteroatoms. The summed E-state index contributed by atoms with van der Waals surface area (Å²) in [6.07, 6.45) is -4.60. The quantitative estimate of drug-likeness (QED) is 0.628. The first-order valence-corrected chi connectivity index (χ1v) is 6.85. The first kappa shape index (κ1) is 17.2. The van der Waals surface area contributed by atoms with E-state index in [-0.39, 0.29) is 21.4 Å². The van der Waals surface area contributed by atoms with E-state index >= 15 is 0 Å². The molecule has 0 spiro atoms. The van der Waals surface area contributed by atoms with Crippen LogP contribution < -0.4 is 10.6 Å². The third-order valence-electron chi connectivity index (χ3n) is 2.69. The molecule has 2 amide bonds. The number of amides is 2. The highest BCUT2D eigenvalue weighted by Gasteiger charge is 2.31. The highest BCUT2D eigenvalue weighted by molar-refractivity contribution is 6.35. The van der Waals surface area contributed by atoms with E-state index in [1.165, 1.54) is 18.2 Å².